The molecule has 1 heterocycles. The normalized spacial score (nSPS) is 16.6. The molecule has 5 heteroatoms. The molecule has 1 amide bonds. The van der Waals surface area contributed by atoms with E-state index in [0.29, 0.717) is 6.54 Å². The minimum Gasteiger partial charge on any atom is -0.379 e. The quantitative estimate of drug-likeness (QED) is 0.837. The van der Waals surface area contributed by atoms with Crippen molar-refractivity contribution in [3.05, 3.63) is 27.3 Å². The lowest BCUT2D eigenvalue weighted by Crippen LogP contribution is -2.41. The number of halogens is 1. The van der Waals surface area contributed by atoms with Gasteiger partial charge in [-0.15, -0.1) is 0 Å². The molecule has 1 aliphatic heterocycles. The Morgan fingerprint density at radius 3 is 2.83 bits per heavy atom. The Morgan fingerprint density at radius 2 is 2.17 bits per heavy atom. The first-order chi connectivity index (χ1) is 8.65. The maximum absolute atomic E-state index is 11.9. The summed E-state index contributed by atoms with van der Waals surface area (Å²) in [5.41, 5.74) is 2.09. The fourth-order valence-electron chi connectivity index (χ4n) is 1.83. The van der Waals surface area contributed by atoms with Gasteiger partial charge in [0.05, 0.1) is 19.8 Å². The van der Waals surface area contributed by atoms with Crippen molar-refractivity contribution in [3.8, 4) is 0 Å². The van der Waals surface area contributed by atoms with Gasteiger partial charge >= 0.3 is 0 Å². The summed E-state index contributed by atoms with van der Waals surface area (Å²) < 4.78 is 6.42. The zero-order valence-electron chi connectivity index (χ0n) is 10.4. The molecular weight excluding hydrogens is 343 g/mol. The third-order valence-corrected chi connectivity index (χ3v) is 4.09. The Morgan fingerprint density at radius 1 is 1.44 bits per heavy atom. The minimum absolute atomic E-state index is 0.0385. The molecule has 4 nitrogen and oxygen atoms in total. The first-order valence-electron chi connectivity index (χ1n) is 6.01. The summed E-state index contributed by atoms with van der Waals surface area (Å²) in [6.07, 6.45) is 0. The molecule has 0 spiro atoms. The molecular formula is C13H17IN2O2. The van der Waals surface area contributed by atoms with Crippen molar-refractivity contribution in [2.75, 3.05) is 38.2 Å². The van der Waals surface area contributed by atoms with Crippen molar-refractivity contribution < 1.29 is 9.53 Å². The van der Waals surface area contributed by atoms with E-state index in [-0.39, 0.29) is 5.91 Å². The number of nitrogens with zero attached hydrogens (tertiary/aromatic N) is 1. The van der Waals surface area contributed by atoms with E-state index in [1.165, 1.54) is 5.56 Å². The SMILES string of the molecule is Cc1ccc(NC(=O)CN2CCOCC2)cc1I. The number of ether oxygens (including phenoxy) is 1. The van der Waals surface area contributed by atoms with Crippen molar-refractivity contribution in [2.24, 2.45) is 0 Å². The van der Waals surface area contributed by atoms with Crippen LogP contribution in [0, 0.1) is 10.5 Å². The number of nitrogens with one attached hydrogen (secondary N) is 1. The highest BCUT2D eigenvalue weighted by molar-refractivity contribution is 14.1. The highest BCUT2D eigenvalue weighted by Gasteiger charge is 2.14. The largest absolute Gasteiger partial charge is 0.379 e. The van der Waals surface area contributed by atoms with Gasteiger partial charge in [0.2, 0.25) is 5.91 Å². The number of amides is 1. The maximum Gasteiger partial charge on any atom is 0.238 e. The smallest absolute Gasteiger partial charge is 0.238 e. The molecule has 1 fully saturated rings. The van der Waals surface area contributed by atoms with E-state index in [1.54, 1.807) is 0 Å². The van der Waals surface area contributed by atoms with Gasteiger partial charge in [0.1, 0.15) is 0 Å². The van der Waals surface area contributed by atoms with Crippen LogP contribution in [-0.4, -0.2) is 43.7 Å². The Bertz CT molecular complexity index is 431. The van der Waals surface area contributed by atoms with E-state index < -0.39 is 0 Å². The first kappa shape index (κ1) is 13.8. The molecule has 0 bridgehead atoms. The standard InChI is InChI=1S/C13H17IN2O2/c1-10-2-3-11(8-12(10)14)15-13(17)9-16-4-6-18-7-5-16/h2-3,8H,4-7,9H2,1H3,(H,15,17). The number of carbonyl (C=O) groups is 1. The Hall–Kier alpha value is -0.660. The van der Waals surface area contributed by atoms with E-state index in [4.69, 9.17) is 4.74 Å². The topological polar surface area (TPSA) is 41.6 Å². The summed E-state index contributed by atoms with van der Waals surface area (Å²) in [6.45, 7) is 5.60. The third-order valence-electron chi connectivity index (χ3n) is 2.93. The second kappa shape index (κ2) is 6.49. The van der Waals surface area contributed by atoms with Gasteiger partial charge in [-0.05, 0) is 47.2 Å². The lowest BCUT2D eigenvalue weighted by atomic mass is 10.2. The highest BCUT2D eigenvalue weighted by atomic mass is 127. The number of hydrogen-bond donors (Lipinski definition) is 1. The molecule has 1 aliphatic rings. The molecule has 0 aromatic heterocycles. The monoisotopic (exact) mass is 360 g/mol. The minimum atomic E-state index is 0.0385. The van der Waals surface area contributed by atoms with Crippen molar-refractivity contribution in [2.45, 2.75) is 6.92 Å². The fourth-order valence-corrected chi connectivity index (χ4v) is 2.35. The molecule has 0 unspecified atom stereocenters. The van der Waals surface area contributed by atoms with Crippen LogP contribution in [-0.2, 0) is 9.53 Å². The lowest BCUT2D eigenvalue weighted by Gasteiger charge is -2.25. The second-order valence-electron chi connectivity index (χ2n) is 4.40. The van der Waals surface area contributed by atoms with Gasteiger partial charge in [-0.3, -0.25) is 9.69 Å². The Kier molecular flexibility index (Phi) is 4.96. The summed E-state index contributed by atoms with van der Waals surface area (Å²) in [4.78, 5) is 14.0. The van der Waals surface area contributed by atoms with Gasteiger partial charge in [-0.2, -0.15) is 0 Å². The molecule has 1 aromatic carbocycles. The van der Waals surface area contributed by atoms with E-state index in [2.05, 4.69) is 39.7 Å². The predicted molar refractivity (Wildman–Crippen MR) is 79.8 cm³/mol. The van der Waals surface area contributed by atoms with Crippen LogP contribution in [0.4, 0.5) is 5.69 Å². The van der Waals surface area contributed by atoms with Gasteiger partial charge < -0.3 is 10.1 Å². The first-order valence-corrected chi connectivity index (χ1v) is 7.09. The van der Waals surface area contributed by atoms with Gasteiger partial charge in [0, 0.05) is 22.3 Å². The van der Waals surface area contributed by atoms with Crippen molar-refractivity contribution in [1.82, 2.24) is 4.90 Å². The maximum atomic E-state index is 11.9. The molecule has 98 valence electrons. The number of morpholine rings is 1. The molecule has 0 aliphatic carbocycles. The number of rotatable bonds is 3. The molecule has 2 rings (SSSR count). The van der Waals surface area contributed by atoms with E-state index in [1.807, 2.05) is 18.2 Å². The number of aryl methyl sites for hydroxylation is 1. The van der Waals surface area contributed by atoms with Crippen LogP contribution in [0.5, 0.6) is 0 Å². The van der Waals surface area contributed by atoms with E-state index in [9.17, 15) is 4.79 Å². The number of benzene rings is 1. The lowest BCUT2D eigenvalue weighted by molar-refractivity contribution is -0.118. The average Bonchev–Trinajstić information content (AvgIpc) is 2.35. The predicted octanol–water partition coefficient (Wildman–Crippen LogP) is 1.87. The van der Waals surface area contributed by atoms with Crippen molar-refractivity contribution in [3.63, 3.8) is 0 Å². The summed E-state index contributed by atoms with van der Waals surface area (Å²) in [7, 11) is 0. The van der Waals surface area contributed by atoms with Crippen LogP contribution in [0.2, 0.25) is 0 Å². The Balaban J connectivity index is 1.88. The van der Waals surface area contributed by atoms with Gasteiger partial charge in [0.25, 0.3) is 0 Å². The van der Waals surface area contributed by atoms with Crippen LogP contribution in [0.1, 0.15) is 5.56 Å². The third kappa shape index (κ3) is 3.93. The van der Waals surface area contributed by atoms with Gasteiger partial charge in [-0.1, -0.05) is 6.07 Å². The molecule has 0 saturated carbocycles. The molecule has 0 atom stereocenters. The molecule has 1 aromatic rings. The number of carbonyl (C=O) groups excluding carboxylic acids is 1. The zero-order chi connectivity index (χ0) is 13.0. The summed E-state index contributed by atoms with van der Waals surface area (Å²) in [6, 6.07) is 5.95. The van der Waals surface area contributed by atoms with Crippen LogP contribution in [0.15, 0.2) is 18.2 Å². The van der Waals surface area contributed by atoms with Crippen LogP contribution in [0.3, 0.4) is 0 Å². The van der Waals surface area contributed by atoms with Crippen LogP contribution in [0.25, 0.3) is 0 Å². The number of hydrogen-bond acceptors (Lipinski definition) is 3. The molecule has 18 heavy (non-hydrogen) atoms. The second-order valence-corrected chi connectivity index (χ2v) is 5.56. The Labute approximate surface area is 121 Å². The average molecular weight is 360 g/mol. The van der Waals surface area contributed by atoms with Crippen molar-refractivity contribution >= 4 is 34.2 Å². The molecule has 1 N–H and O–H groups in total. The fraction of sp³-hybridized carbons (Fsp3) is 0.462. The van der Waals surface area contributed by atoms with Crippen LogP contribution < -0.4 is 5.32 Å². The summed E-state index contributed by atoms with van der Waals surface area (Å²) in [5.74, 6) is 0.0385. The van der Waals surface area contributed by atoms with Crippen molar-refractivity contribution in [1.29, 1.82) is 0 Å². The number of anilines is 1. The summed E-state index contributed by atoms with van der Waals surface area (Å²) >= 11 is 2.27. The van der Waals surface area contributed by atoms with E-state index >= 15 is 0 Å². The van der Waals surface area contributed by atoms with Gasteiger partial charge in [-0.25, -0.2) is 0 Å². The molecule has 1 saturated heterocycles. The molecule has 0 radical (unpaired) electrons. The zero-order valence-corrected chi connectivity index (χ0v) is 12.6. The van der Waals surface area contributed by atoms with Crippen LogP contribution >= 0.6 is 22.6 Å². The van der Waals surface area contributed by atoms with E-state index in [0.717, 1.165) is 35.6 Å². The highest BCUT2D eigenvalue weighted by Crippen LogP contribution is 2.17. The summed E-state index contributed by atoms with van der Waals surface area (Å²) in [5, 5.41) is 2.93. The van der Waals surface area contributed by atoms with Gasteiger partial charge in [0.15, 0.2) is 0 Å².